The monoisotopic (exact) mass is 176 g/mol. The molecule has 1 heterocycles. The lowest BCUT2D eigenvalue weighted by Crippen LogP contribution is -2.13. The summed E-state index contributed by atoms with van der Waals surface area (Å²) in [7, 11) is 0. The first kappa shape index (κ1) is 8.10. The van der Waals surface area contributed by atoms with Crippen molar-refractivity contribution in [3.05, 3.63) is 29.8 Å². The summed E-state index contributed by atoms with van der Waals surface area (Å²) in [6.07, 6.45) is 0.587. The number of hydrogen-bond donors (Lipinski definition) is 2. The molecule has 0 saturated carbocycles. The third-order valence-electron chi connectivity index (χ3n) is 2.36. The number of nitrogens with one attached hydrogen (secondary N) is 1. The molecular weight excluding hydrogens is 164 g/mol. The van der Waals surface area contributed by atoms with Gasteiger partial charge in [0.2, 0.25) is 5.91 Å². The predicted molar refractivity (Wildman–Crippen MR) is 51.2 cm³/mol. The minimum absolute atomic E-state index is 0.132. The number of rotatable bonds is 1. The van der Waals surface area contributed by atoms with E-state index in [1.54, 1.807) is 0 Å². The highest BCUT2D eigenvalue weighted by atomic mass is 16.1. The molecule has 3 N–H and O–H groups in total. The highest BCUT2D eigenvalue weighted by Gasteiger charge is 2.22. The van der Waals surface area contributed by atoms with Crippen LogP contribution in [0.5, 0.6) is 0 Å². The Kier molecular flexibility index (Phi) is 1.93. The fraction of sp³-hybridized carbons (Fsp3) is 0.300. The van der Waals surface area contributed by atoms with Gasteiger partial charge in [-0.05, 0) is 17.7 Å². The second-order valence-electron chi connectivity index (χ2n) is 3.38. The van der Waals surface area contributed by atoms with E-state index in [0.29, 0.717) is 12.3 Å². The van der Waals surface area contributed by atoms with Crippen LogP contribution in [0.2, 0.25) is 0 Å². The van der Waals surface area contributed by atoms with E-state index in [9.17, 15) is 4.79 Å². The minimum Gasteiger partial charge on any atom is -0.399 e. The number of nitrogen functional groups attached to an aromatic ring is 1. The summed E-state index contributed by atoms with van der Waals surface area (Å²) >= 11 is 0. The number of carbonyl (C=O) groups is 1. The first-order chi connectivity index (χ1) is 6.25. The largest absolute Gasteiger partial charge is 0.399 e. The van der Waals surface area contributed by atoms with Gasteiger partial charge in [0, 0.05) is 24.6 Å². The van der Waals surface area contributed by atoms with Gasteiger partial charge in [-0.25, -0.2) is 0 Å². The van der Waals surface area contributed by atoms with Crippen LogP contribution in [0.25, 0.3) is 0 Å². The van der Waals surface area contributed by atoms with Gasteiger partial charge in [-0.1, -0.05) is 12.1 Å². The van der Waals surface area contributed by atoms with Crippen molar-refractivity contribution in [2.45, 2.75) is 12.3 Å². The van der Waals surface area contributed by atoms with E-state index in [1.807, 2.05) is 24.3 Å². The van der Waals surface area contributed by atoms with Crippen LogP contribution in [0.1, 0.15) is 17.9 Å². The minimum atomic E-state index is 0.132. The summed E-state index contributed by atoms with van der Waals surface area (Å²) in [6, 6.07) is 7.73. The van der Waals surface area contributed by atoms with Gasteiger partial charge < -0.3 is 11.1 Å². The zero-order chi connectivity index (χ0) is 9.26. The predicted octanol–water partition coefficient (Wildman–Crippen LogP) is 0.872. The Morgan fingerprint density at radius 2 is 2.31 bits per heavy atom. The van der Waals surface area contributed by atoms with Crippen LogP contribution in [0, 0.1) is 0 Å². The van der Waals surface area contributed by atoms with Crippen molar-refractivity contribution in [2.75, 3.05) is 12.3 Å². The van der Waals surface area contributed by atoms with Gasteiger partial charge in [0.1, 0.15) is 0 Å². The van der Waals surface area contributed by atoms with Gasteiger partial charge in [-0.3, -0.25) is 4.79 Å². The fourth-order valence-electron chi connectivity index (χ4n) is 1.65. The van der Waals surface area contributed by atoms with Crippen molar-refractivity contribution in [3.8, 4) is 0 Å². The lowest BCUT2D eigenvalue weighted by atomic mass is 9.98. The van der Waals surface area contributed by atoms with Gasteiger partial charge in [-0.15, -0.1) is 0 Å². The molecule has 0 aliphatic carbocycles. The molecular formula is C10H12N2O. The smallest absolute Gasteiger partial charge is 0.220 e. The van der Waals surface area contributed by atoms with E-state index in [-0.39, 0.29) is 5.91 Å². The Morgan fingerprint density at radius 3 is 2.92 bits per heavy atom. The van der Waals surface area contributed by atoms with E-state index < -0.39 is 0 Å². The molecule has 1 saturated heterocycles. The third kappa shape index (κ3) is 1.64. The number of hydrogen-bond acceptors (Lipinski definition) is 2. The Bertz CT molecular complexity index is 335. The maximum absolute atomic E-state index is 11.0. The molecule has 1 aliphatic heterocycles. The summed E-state index contributed by atoms with van der Waals surface area (Å²) in [5.74, 6) is 0.434. The topological polar surface area (TPSA) is 55.1 Å². The highest BCUT2D eigenvalue weighted by molar-refractivity contribution is 5.79. The average Bonchev–Trinajstić information content (AvgIpc) is 2.52. The Balaban J connectivity index is 2.21. The zero-order valence-corrected chi connectivity index (χ0v) is 7.29. The van der Waals surface area contributed by atoms with Crippen LogP contribution in [0.15, 0.2) is 24.3 Å². The molecule has 0 aromatic heterocycles. The normalized spacial score (nSPS) is 21.5. The molecule has 1 aromatic rings. The van der Waals surface area contributed by atoms with E-state index in [1.165, 1.54) is 0 Å². The molecule has 0 bridgehead atoms. The molecule has 1 fully saturated rings. The first-order valence-corrected chi connectivity index (χ1v) is 4.38. The molecule has 3 heteroatoms. The van der Waals surface area contributed by atoms with Crippen molar-refractivity contribution in [3.63, 3.8) is 0 Å². The standard InChI is InChI=1S/C10H12N2O/c11-9-3-1-2-7(4-9)8-5-10(13)12-6-8/h1-4,8H,5-6,11H2,(H,12,13)/t8-/m0/s1. The molecule has 2 rings (SSSR count). The summed E-state index contributed by atoms with van der Waals surface area (Å²) in [5.41, 5.74) is 7.57. The fourth-order valence-corrected chi connectivity index (χ4v) is 1.65. The van der Waals surface area contributed by atoms with E-state index >= 15 is 0 Å². The molecule has 1 aliphatic rings. The zero-order valence-electron chi connectivity index (χ0n) is 7.29. The van der Waals surface area contributed by atoms with Crippen LogP contribution in [0.3, 0.4) is 0 Å². The number of anilines is 1. The highest BCUT2D eigenvalue weighted by Crippen LogP contribution is 2.23. The second-order valence-corrected chi connectivity index (χ2v) is 3.38. The average molecular weight is 176 g/mol. The Morgan fingerprint density at radius 1 is 1.46 bits per heavy atom. The van der Waals surface area contributed by atoms with Gasteiger partial charge >= 0.3 is 0 Å². The summed E-state index contributed by atoms with van der Waals surface area (Å²) in [6.45, 7) is 0.738. The van der Waals surface area contributed by atoms with Gasteiger partial charge in [-0.2, -0.15) is 0 Å². The second kappa shape index (κ2) is 3.09. The van der Waals surface area contributed by atoms with E-state index in [2.05, 4.69) is 5.32 Å². The maximum Gasteiger partial charge on any atom is 0.220 e. The third-order valence-corrected chi connectivity index (χ3v) is 2.36. The van der Waals surface area contributed by atoms with E-state index in [4.69, 9.17) is 5.73 Å². The van der Waals surface area contributed by atoms with Gasteiger partial charge in [0.05, 0.1) is 0 Å². The number of amides is 1. The lowest BCUT2D eigenvalue weighted by molar-refractivity contribution is -0.119. The molecule has 1 atom stereocenters. The molecule has 0 spiro atoms. The Hall–Kier alpha value is -1.51. The Labute approximate surface area is 76.9 Å². The van der Waals surface area contributed by atoms with Crippen molar-refractivity contribution in [1.82, 2.24) is 5.32 Å². The van der Waals surface area contributed by atoms with Crippen molar-refractivity contribution < 1.29 is 4.79 Å². The number of benzene rings is 1. The molecule has 68 valence electrons. The summed E-state index contributed by atoms with van der Waals surface area (Å²) in [4.78, 5) is 11.0. The molecule has 3 nitrogen and oxygen atoms in total. The van der Waals surface area contributed by atoms with Crippen molar-refractivity contribution in [2.24, 2.45) is 0 Å². The van der Waals surface area contributed by atoms with Crippen LogP contribution in [0.4, 0.5) is 5.69 Å². The summed E-state index contributed by atoms with van der Waals surface area (Å²) in [5, 5.41) is 2.81. The number of carbonyl (C=O) groups excluding carboxylic acids is 1. The van der Waals surface area contributed by atoms with Crippen LogP contribution < -0.4 is 11.1 Å². The summed E-state index contributed by atoms with van der Waals surface area (Å²) < 4.78 is 0. The number of nitrogens with two attached hydrogens (primary N) is 1. The van der Waals surface area contributed by atoms with Crippen molar-refractivity contribution >= 4 is 11.6 Å². The lowest BCUT2D eigenvalue weighted by Gasteiger charge is -2.07. The van der Waals surface area contributed by atoms with Crippen LogP contribution >= 0.6 is 0 Å². The van der Waals surface area contributed by atoms with Crippen molar-refractivity contribution in [1.29, 1.82) is 0 Å². The maximum atomic E-state index is 11.0. The SMILES string of the molecule is Nc1cccc([C@@H]2CNC(=O)C2)c1. The molecule has 1 amide bonds. The van der Waals surface area contributed by atoms with Gasteiger partial charge in [0.25, 0.3) is 0 Å². The van der Waals surface area contributed by atoms with E-state index in [0.717, 1.165) is 17.8 Å². The first-order valence-electron chi connectivity index (χ1n) is 4.38. The molecule has 0 unspecified atom stereocenters. The van der Waals surface area contributed by atoms with Crippen LogP contribution in [-0.2, 0) is 4.79 Å². The molecule has 1 aromatic carbocycles. The molecule has 0 radical (unpaired) electrons. The quantitative estimate of drug-likeness (QED) is 0.624. The van der Waals surface area contributed by atoms with Gasteiger partial charge in [0.15, 0.2) is 0 Å². The van der Waals surface area contributed by atoms with Crippen LogP contribution in [-0.4, -0.2) is 12.5 Å². The molecule has 13 heavy (non-hydrogen) atoms.